The quantitative estimate of drug-likeness (QED) is 0.142. The second-order valence-corrected chi connectivity index (χ2v) is 8.66. The van der Waals surface area contributed by atoms with Crippen LogP contribution in [0.5, 0.6) is 0 Å². The summed E-state index contributed by atoms with van der Waals surface area (Å²) in [5, 5.41) is 1.97. The maximum atomic E-state index is 11.4. The molecule has 0 saturated carbocycles. The van der Waals surface area contributed by atoms with Crippen molar-refractivity contribution in [2.24, 2.45) is 0 Å². The summed E-state index contributed by atoms with van der Waals surface area (Å²) in [6.07, 6.45) is 1.25. The number of ether oxygens (including phenoxy) is 2. The molecule has 0 spiro atoms. The molecule has 234 valence electrons. The number of rotatable bonds is 0. The van der Waals surface area contributed by atoms with E-state index in [4.69, 9.17) is 0 Å². The molecule has 0 radical (unpaired) electrons. The number of aromatic nitrogens is 1. The lowest BCUT2D eigenvalue weighted by molar-refractivity contribution is 0.0385. The third-order valence-corrected chi connectivity index (χ3v) is 5.65. The van der Waals surface area contributed by atoms with Crippen molar-refractivity contribution in [2.45, 2.75) is 48.0 Å². The zero-order valence-electron chi connectivity index (χ0n) is 26.0. The largest absolute Gasteiger partial charge is 0.419 e. The average molecular weight is 614 g/mol. The van der Waals surface area contributed by atoms with Crippen molar-refractivity contribution in [3.8, 4) is 0 Å². The molecule has 10 heteroatoms. The Morgan fingerprint density at radius 2 is 0.933 bits per heavy atom. The van der Waals surface area contributed by atoms with E-state index in [-0.39, 0.29) is 0 Å². The van der Waals surface area contributed by atoms with Gasteiger partial charge in [-0.3, -0.25) is 4.98 Å². The fourth-order valence-electron chi connectivity index (χ4n) is 3.95. The Kier molecular flexibility index (Phi) is 13.8. The van der Waals surface area contributed by atoms with Gasteiger partial charge < -0.3 is 13.9 Å². The molecule has 10 nitrogen and oxygen atoms in total. The maximum Gasteiger partial charge on any atom is 0.419 e. The summed E-state index contributed by atoms with van der Waals surface area (Å²) < 4.78 is 13.3. The number of hydrogen-bond acceptors (Lipinski definition) is 9. The SMILES string of the molecule is CC.CC.CCC.O=C1OC(=O)c2cccc3cccc1c23.O=C1OC(=O)c2ccccc21.O=c1[nH]c2ccccc2c(=O)o1. The molecule has 0 amide bonds. The van der Waals surface area contributed by atoms with E-state index in [1.54, 1.807) is 72.8 Å². The van der Waals surface area contributed by atoms with Gasteiger partial charge in [-0.25, -0.2) is 28.8 Å². The Balaban J connectivity index is 0.000000216. The number of carbonyl (C=O) groups excluding carboxylic acids is 4. The lowest BCUT2D eigenvalue weighted by atomic mass is 9.97. The smallest absolute Gasteiger partial charge is 0.386 e. The van der Waals surface area contributed by atoms with Gasteiger partial charge in [0.2, 0.25) is 0 Å². The second-order valence-electron chi connectivity index (χ2n) is 8.66. The Morgan fingerprint density at radius 3 is 1.42 bits per heavy atom. The van der Waals surface area contributed by atoms with Gasteiger partial charge in [-0.2, -0.15) is 0 Å². The first-order valence-corrected chi connectivity index (χ1v) is 14.5. The first-order valence-electron chi connectivity index (χ1n) is 14.5. The standard InChI is InChI=1S/C12H6O3.C8H5NO3.C8H4O3.C3H8.2C2H6/c13-11-8-5-1-3-7-4-2-6-9(10(7)8)12(14)15-11;10-7-5-3-1-2-4-6(5)9-8(11)12-7;9-7-5-3-1-2-4-6(5)8(10)11-7;1-3-2;2*1-2/h1-6H;1-4H,(H,9,11);1-4H;3H2,1-2H3;2*1-2H3. The van der Waals surface area contributed by atoms with Gasteiger partial charge in [0.15, 0.2) is 0 Å². The fourth-order valence-corrected chi connectivity index (χ4v) is 3.95. The summed E-state index contributed by atoms with van der Waals surface area (Å²) >= 11 is 0. The second kappa shape index (κ2) is 17.5. The van der Waals surface area contributed by atoms with Gasteiger partial charge in [-0.15, -0.1) is 0 Å². The lowest BCUT2D eigenvalue weighted by Gasteiger charge is -2.14. The summed E-state index contributed by atoms with van der Waals surface area (Å²) in [5.74, 6) is -2.96. The lowest BCUT2D eigenvalue weighted by Crippen LogP contribution is -2.19. The van der Waals surface area contributed by atoms with E-state index in [9.17, 15) is 28.8 Å². The number of fused-ring (bicyclic) bond motifs is 2. The zero-order chi connectivity index (χ0) is 33.5. The molecule has 2 aliphatic heterocycles. The van der Waals surface area contributed by atoms with Crippen LogP contribution in [-0.4, -0.2) is 28.9 Å². The molecule has 7 rings (SSSR count). The number of aromatic amines is 1. The van der Waals surface area contributed by atoms with E-state index < -0.39 is 35.3 Å². The van der Waals surface area contributed by atoms with Crippen molar-refractivity contribution >= 4 is 45.6 Å². The molecule has 45 heavy (non-hydrogen) atoms. The summed E-state index contributed by atoms with van der Waals surface area (Å²) in [6.45, 7) is 12.2. The molecule has 1 N–H and O–H groups in total. The van der Waals surface area contributed by atoms with Crippen LogP contribution in [0.25, 0.3) is 21.7 Å². The van der Waals surface area contributed by atoms with Crippen LogP contribution in [0.2, 0.25) is 0 Å². The van der Waals surface area contributed by atoms with Crippen LogP contribution in [0.1, 0.15) is 89.4 Å². The predicted octanol–water partition coefficient (Wildman–Crippen LogP) is 7.10. The highest BCUT2D eigenvalue weighted by molar-refractivity contribution is 6.20. The van der Waals surface area contributed by atoms with Crippen molar-refractivity contribution in [1.29, 1.82) is 0 Å². The number of nitrogens with one attached hydrogen (secondary N) is 1. The van der Waals surface area contributed by atoms with Crippen molar-refractivity contribution in [3.05, 3.63) is 128 Å². The molecule has 0 aliphatic carbocycles. The van der Waals surface area contributed by atoms with E-state index in [1.165, 1.54) is 6.42 Å². The molecule has 0 atom stereocenters. The van der Waals surface area contributed by atoms with Crippen LogP contribution in [0.4, 0.5) is 0 Å². The normalized spacial score (nSPS) is 11.7. The van der Waals surface area contributed by atoms with Crippen LogP contribution in [-0.2, 0) is 9.47 Å². The minimum atomic E-state index is -0.723. The van der Waals surface area contributed by atoms with Crippen LogP contribution in [0.3, 0.4) is 0 Å². The van der Waals surface area contributed by atoms with Gasteiger partial charge >= 0.3 is 35.3 Å². The van der Waals surface area contributed by atoms with Crippen LogP contribution < -0.4 is 11.4 Å². The van der Waals surface area contributed by atoms with E-state index in [0.29, 0.717) is 38.5 Å². The maximum absolute atomic E-state index is 11.4. The molecule has 0 unspecified atom stereocenters. The predicted molar refractivity (Wildman–Crippen MR) is 172 cm³/mol. The van der Waals surface area contributed by atoms with Gasteiger partial charge in [-0.05, 0) is 41.8 Å². The van der Waals surface area contributed by atoms with Gasteiger partial charge in [0.25, 0.3) is 0 Å². The summed E-state index contributed by atoms with van der Waals surface area (Å²) in [7, 11) is 0. The molecule has 4 aromatic carbocycles. The monoisotopic (exact) mass is 613 g/mol. The molecule has 2 aliphatic rings. The molecular weight excluding hydrogens is 578 g/mol. The Morgan fingerprint density at radius 1 is 0.533 bits per heavy atom. The van der Waals surface area contributed by atoms with Gasteiger partial charge in [-0.1, -0.05) is 96.5 Å². The first-order chi connectivity index (χ1) is 21.7. The molecule has 5 aromatic rings. The minimum absolute atomic E-state index is 0.359. The van der Waals surface area contributed by atoms with Gasteiger partial charge in [0.1, 0.15) is 0 Å². The van der Waals surface area contributed by atoms with E-state index in [0.717, 1.165) is 5.39 Å². The molecule has 3 heterocycles. The molecule has 1 aromatic heterocycles. The highest BCUT2D eigenvalue weighted by atomic mass is 16.6. The molecule has 0 fully saturated rings. The molecular formula is C35H35NO9. The number of esters is 4. The van der Waals surface area contributed by atoms with Crippen LogP contribution >= 0.6 is 0 Å². The minimum Gasteiger partial charge on any atom is -0.386 e. The number of H-pyrrole nitrogens is 1. The summed E-state index contributed by atoms with van der Waals surface area (Å²) in [6, 6.07) is 23.8. The third kappa shape index (κ3) is 8.70. The average Bonchev–Trinajstić information content (AvgIpc) is 3.35. The van der Waals surface area contributed by atoms with Crippen molar-refractivity contribution < 1.29 is 33.1 Å². The van der Waals surface area contributed by atoms with Crippen LogP contribution in [0.15, 0.2) is 98.9 Å². The number of carbonyl (C=O) groups is 4. The van der Waals surface area contributed by atoms with E-state index >= 15 is 0 Å². The number of para-hydroxylation sites is 1. The summed E-state index contributed by atoms with van der Waals surface area (Å²) in [5.41, 5.74) is 1.54. The van der Waals surface area contributed by atoms with Gasteiger partial charge in [0, 0.05) is 5.39 Å². The van der Waals surface area contributed by atoms with Gasteiger partial charge in [0.05, 0.1) is 33.2 Å². The molecule has 0 saturated heterocycles. The molecule has 0 bridgehead atoms. The topological polar surface area (TPSA) is 150 Å². The highest BCUT2D eigenvalue weighted by Crippen LogP contribution is 2.28. The van der Waals surface area contributed by atoms with Crippen molar-refractivity contribution in [2.75, 3.05) is 0 Å². The van der Waals surface area contributed by atoms with E-state index in [2.05, 4.69) is 32.7 Å². The first kappa shape index (κ1) is 35.6. The third-order valence-electron chi connectivity index (χ3n) is 5.65. The Bertz CT molecular complexity index is 1840. The Labute approximate surface area is 259 Å². The highest BCUT2D eigenvalue weighted by Gasteiger charge is 2.28. The number of benzene rings is 4. The van der Waals surface area contributed by atoms with Crippen LogP contribution in [0, 0.1) is 0 Å². The zero-order valence-corrected chi connectivity index (χ0v) is 26.0. The fraction of sp³-hybridized carbons (Fsp3) is 0.200. The van der Waals surface area contributed by atoms with Crippen molar-refractivity contribution in [1.82, 2.24) is 4.98 Å². The summed E-state index contributed by atoms with van der Waals surface area (Å²) in [4.78, 5) is 68.6. The van der Waals surface area contributed by atoms with Crippen molar-refractivity contribution in [3.63, 3.8) is 0 Å². The van der Waals surface area contributed by atoms with E-state index in [1.807, 2.05) is 39.8 Å². The number of cyclic esters (lactones) is 4. The number of hydrogen-bond donors (Lipinski definition) is 1. The Hall–Kier alpha value is -5.64.